The minimum Gasteiger partial charge on any atom is -0.356 e. The van der Waals surface area contributed by atoms with E-state index >= 15 is 0 Å². The van der Waals surface area contributed by atoms with E-state index in [4.69, 9.17) is 0 Å². The molecular weight excluding hydrogens is 352 g/mol. The van der Waals surface area contributed by atoms with Crippen LogP contribution in [0.2, 0.25) is 0 Å². The predicted octanol–water partition coefficient (Wildman–Crippen LogP) is 3.58. The van der Waals surface area contributed by atoms with Crippen LogP contribution in [-0.2, 0) is 6.54 Å². The standard InChI is InChI=1S/C18H31BrN4/c1-5-23(6-2)14-8-7-13-21-18(20-3)22(4)15-16-9-11-17(19)12-10-16/h9-12H,5-8,13-15H2,1-4H3,(H,20,21). The van der Waals surface area contributed by atoms with Crippen LogP contribution in [0.3, 0.4) is 0 Å². The van der Waals surface area contributed by atoms with Crippen LogP contribution in [0.1, 0.15) is 32.3 Å². The SMILES string of the molecule is CCN(CC)CCCCNC(=NC)N(C)Cc1ccc(Br)cc1. The Morgan fingerprint density at radius 1 is 1.13 bits per heavy atom. The number of halogens is 1. The van der Waals surface area contributed by atoms with E-state index in [0.717, 1.165) is 36.6 Å². The Morgan fingerprint density at radius 3 is 2.35 bits per heavy atom. The summed E-state index contributed by atoms with van der Waals surface area (Å²) < 4.78 is 1.11. The lowest BCUT2D eigenvalue weighted by Gasteiger charge is -2.22. The highest BCUT2D eigenvalue weighted by Gasteiger charge is 2.06. The first-order valence-electron chi connectivity index (χ1n) is 8.49. The van der Waals surface area contributed by atoms with Crippen LogP contribution >= 0.6 is 15.9 Å². The van der Waals surface area contributed by atoms with Gasteiger partial charge in [-0.15, -0.1) is 0 Å². The van der Waals surface area contributed by atoms with Gasteiger partial charge >= 0.3 is 0 Å². The molecule has 1 rings (SSSR count). The van der Waals surface area contributed by atoms with Crippen molar-refractivity contribution >= 4 is 21.9 Å². The molecule has 23 heavy (non-hydrogen) atoms. The van der Waals surface area contributed by atoms with Crippen molar-refractivity contribution < 1.29 is 0 Å². The third-order valence-corrected chi connectivity index (χ3v) is 4.51. The topological polar surface area (TPSA) is 30.9 Å². The Kier molecular flexibility index (Phi) is 9.96. The van der Waals surface area contributed by atoms with Gasteiger partial charge in [-0.2, -0.15) is 0 Å². The highest BCUT2D eigenvalue weighted by Crippen LogP contribution is 2.11. The van der Waals surface area contributed by atoms with Crippen LogP contribution in [0.4, 0.5) is 0 Å². The Balaban J connectivity index is 2.31. The summed E-state index contributed by atoms with van der Waals surface area (Å²) in [4.78, 5) is 9.01. The highest BCUT2D eigenvalue weighted by atomic mass is 79.9. The molecule has 5 heteroatoms. The molecule has 1 aromatic carbocycles. The van der Waals surface area contributed by atoms with Crippen LogP contribution in [0.25, 0.3) is 0 Å². The highest BCUT2D eigenvalue weighted by molar-refractivity contribution is 9.10. The number of hydrogen-bond acceptors (Lipinski definition) is 2. The normalized spacial score (nSPS) is 11.8. The van der Waals surface area contributed by atoms with Crippen LogP contribution in [-0.4, -0.2) is 56.0 Å². The maximum atomic E-state index is 4.38. The molecule has 0 radical (unpaired) electrons. The van der Waals surface area contributed by atoms with Crippen molar-refractivity contribution in [3.63, 3.8) is 0 Å². The van der Waals surface area contributed by atoms with Gasteiger partial charge in [-0.05, 0) is 50.2 Å². The lowest BCUT2D eigenvalue weighted by atomic mass is 10.2. The Morgan fingerprint density at radius 2 is 1.78 bits per heavy atom. The molecule has 0 aliphatic heterocycles. The van der Waals surface area contributed by atoms with Crippen LogP contribution < -0.4 is 5.32 Å². The molecule has 0 fully saturated rings. The average Bonchev–Trinajstić information content (AvgIpc) is 2.56. The Hall–Kier alpha value is -1.07. The van der Waals surface area contributed by atoms with Crippen LogP contribution in [0.15, 0.2) is 33.7 Å². The minimum absolute atomic E-state index is 0.854. The lowest BCUT2D eigenvalue weighted by molar-refractivity contribution is 0.297. The number of unbranched alkanes of at least 4 members (excludes halogenated alkanes) is 1. The lowest BCUT2D eigenvalue weighted by Crippen LogP contribution is -2.39. The summed E-state index contributed by atoms with van der Waals surface area (Å²) in [6.07, 6.45) is 2.39. The average molecular weight is 383 g/mol. The smallest absolute Gasteiger partial charge is 0.193 e. The number of nitrogens with one attached hydrogen (secondary N) is 1. The monoisotopic (exact) mass is 382 g/mol. The van der Waals surface area contributed by atoms with Gasteiger partial charge in [-0.25, -0.2) is 0 Å². The van der Waals surface area contributed by atoms with E-state index in [2.05, 4.69) is 81.2 Å². The number of hydrogen-bond donors (Lipinski definition) is 1. The Bertz CT molecular complexity index is 455. The van der Waals surface area contributed by atoms with Crippen LogP contribution in [0.5, 0.6) is 0 Å². The number of rotatable bonds is 9. The van der Waals surface area contributed by atoms with Gasteiger partial charge in [0.05, 0.1) is 0 Å². The molecule has 130 valence electrons. The number of guanidine groups is 1. The third kappa shape index (κ3) is 7.84. The van der Waals surface area contributed by atoms with Crippen molar-refractivity contribution in [2.75, 3.05) is 40.3 Å². The molecule has 0 heterocycles. The summed E-state index contributed by atoms with van der Waals surface area (Å²) in [7, 11) is 3.92. The van der Waals surface area contributed by atoms with E-state index in [1.54, 1.807) is 0 Å². The van der Waals surface area contributed by atoms with Crippen molar-refractivity contribution in [1.82, 2.24) is 15.1 Å². The Labute approximate surface area is 150 Å². The van der Waals surface area contributed by atoms with Crippen molar-refractivity contribution in [3.8, 4) is 0 Å². The van der Waals surface area contributed by atoms with Crippen molar-refractivity contribution in [1.29, 1.82) is 0 Å². The van der Waals surface area contributed by atoms with Crippen LogP contribution in [0, 0.1) is 0 Å². The second-order valence-electron chi connectivity index (χ2n) is 5.69. The van der Waals surface area contributed by atoms with Gasteiger partial charge in [-0.1, -0.05) is 41.9 Å². The molecule has 0 atom stereocenters. The largest absolute Gasteiger partial charge is 0.356 e. The summed E-state index contributed by atoms with van der Waals surface area (Å²) >= 11 is 3.47. The summed E-state index contributed by atoms with van der Waals surface area (Å²) in [6, 6.07) is 8.43. The van der Waals surface area contributed by atoms with E-state index in [0.29, 0.717) is 0 Å². The molecule has 1 aromatic rings. The van der Waals surface area contributed by atoms with E-state index in [1.807, 2.05) is 7.05 Å². The van der Waals surface area contributed by atoms with E-state index < -0.39 is 0 Å². The van der Waals surface area contributed by atoms with Gasteiger partial charge in [0.2, 0.25) is 0 Å². The molecule has 0 spiro atoms. The number of benzene rings is 1. The van der Waals surface area contributed by atoms with Gasteiger partial charge in [0.25, 0.3) is 0 Å². The number of aliphatic imine (C=N–C) groups is 1. The summed E-state index contributed by atoms with van der Waals surface area (Å²) in [5.74, 6) is 0.954. The van der Waals surface area contributed by atoms with Crippen molar-refractivity contribution in [2.24, 2.45) is 4.99 Å². The van der Waals surface area contributed by atoms with Gasteiger partial charge in [0, 0.05) is 31.7 Å². The third-order valence-electron chi connectivity index (χ3n) is 3.99. The second-order valence-corrected chi connectivity index (χ2v) is 6.61. The van der Waals surface area contributed by atoms with Gasteiger partial charge in [-0.3, -0.25) is 4.99 Å². The summed E-state index contributed by atoms with van der Waals surface area (Å²) in [6.45, 7) is 9.73. The van der Waals surface area contributed by atoms with Gasteiger partial charge in [0.1, 0.15) is 0 Å². The predicted molar refractivity (Wildman–Crippen MR) is 104 cm³/mol. The van der Waals surface area contributed by atoms with Crippen molar-refractivity contribution in [3.05, 3.63) is 34.3 Å². The summed E-state index contributed by atoms with van der Waals surface area (Å²) in [5.41, 5.74) is 1.28. The zero-order valence-electron chi connectivity index (χ0n) is 15.0. The first-order chi connectivity index (χ1) is 11.1. The van der Waals surface area contributed by atoms with Gasteiger partial charge in [0.15, 0.2) is 5.96 Å². The molecule has 4 nitrogen and oxygen atoms in total. The molecular formula is C18H31BrN4. The fourth-order valence-electron chi connectivity index (χ4n) is 2.52. The molecule has 0 aromatic heterocycles. The van der Waals surface area contributed by atoms with E-state index in [9.17, 15) is 0 Å². The van der Waals surface area contributed by atoms with Gasteiger partial charge < -0.3 is 15.1 Å². The number of nitrogens with zero attached hydrogens (tertiary/aromatic N) is 3. The fraction of sp³-hybridized carbons (Fsp3) is 0.611. The molecule has 0 saturated carbocycles. The first-order valence-corrected chi connectivity index (χ1v) is 9.28. The second kappa shape index (κ2) is 11.5. The van der Waals surface area contributed by atoms with E-state index in [1.165, 1.54) is 24.9 Å². The van der Waals surface area contributed by atoms with E-state index in [-0.39, 0.29) is 0 Å². The zero-order valence-corrected chi connectivity index (χ0v) is 16.6. The molecule has 0 bridgehead atoms. The molecule has 0 saturated heterocycles. The first kappa shape index (κ1) is 20.0. The molecule has 0 amide bonds. The van der Waals surface area contributed by atoms with Crippen molar-refractivity contribution in [2.45, 2.75) is 33.2 Å². The fourth-order valence-corrected chi connectivity index (χ4v) is 2.79. The molecule has 1 N–H and O–H groups in total. The molecule has 0 unspecified atom stereocenters. The summed E-state index contributed by atoms with van der Waals surface area (Å²) in [5, 5.41) is 3.46. The molecule has 0 aliphatic carbocycles. The zero-order chi connectivity index (χ0) is 17.1. The maximum absolute atomic E-state index is 4.38. The minimum atomic E-state index is 0.854. The maximum Gasteiger partial charge on any atom is 0.193 e. The molecule has 0 aliphatic rings. The quantitative estimate of drug-likeness (QED) is 0.402.